The molecule has 0 unspecified atom stereocenters. The minimum absolute atomic E-state index is 0.425. The van der Waals surface area contributed by atoms with Crippen molar-refractivity contribution in [2.45, 2.75) is 12.4 Å². The monoisotopic (exact) mass is 290 g/mol. The minimum atomic E-state index is 0.425. The molecule has 3 rings (SSSR count). The molecule has 0 N–H and O–H groups in total. The second kappa shape index (κ2) is 5.24. The molecule has 0 atom stereocenters. The maximum absolute atomic E-state index is 5.95. The van der Waals surface area contributed by atoms with Crippen LogP contribution >= 0.6 is 23.2 Å². The van der Waals surface area contributed by atoms with Gasteiger partial charge in [-0.15, -0.1) is 11.6 Å². The van der Waals surface area contributed by atoms with E-state index in [0.29, 0.717) is 12.4 Å². The molecule has 0 saturated heterocycles. The van der Waals surface area contributed by atoms with Crippen LogP contribution in [0.25, 0.3) is 10.9 Å². The van der Waals surface area contributed by atoms with Crippen molar-refractivity contribution >= 4 is 34.1 Å². The average molecular weight is 291 g/mol. The normalized spacial score (nSPS) is 11.1. The van der Waals surface area contributed by atoms with E-state index >= 15 is 0 Å². The van der Waals surface area contributed by atoms with Gasteiger partial charge in [-0.25, -0.2) is 0 Å². The van der Waals surface area contributed by atoms with Crippen molar-refractivity contribution in [2.24, 2.45) is 0 Å². The molecule has 2 aromatic carbocycles. The lowest BCUT2D eigenvalue weighted by molar-refractivity contribution is 0.701. The molecule has 0 fully saturated rings. The molecule has 0 radical (unpaired) electrons. The zero-order chi connectivity index (χ0) is 13.2. The average Bonchev–Trinajstić information content (AvgIpc) is 2.80. The highest BCUT2D eigenvalue weighted by molar-refractivity contribution is 6.30. The minimum Gasteiger partial charge on any atom is -0.260 e. The van der Waals surface area contributed by atoms with Crippen LogP contribution in [0.15, 0.2) is 48.5 Å². The van der Waals surface area contributed by atoms with Crippen LogP contribution < -0.4 is 0 Å². The van der Waals surface area contributed by atoms with Crippen molar-refractivity contribution in [2.75, 3.05) is 0 Å². The van der Waals surface area contributed by atoms with Crippen LogP contribution in [0.2, 0.25) is 5.02 Å². The van der Waals surface area contributed by atoms with E-state index in [1.165, 1.54) is 5.56 Å². The highest BCUT2D eigenvalue weighted by Gasteiger charge is 2.09. The Morgan fingerprint density at radius 1 is 1.00 bits per heavy atom. The molecule has 0 saturated carbocycles. The van der Waals surface area contributed by atoms with E-state index in [0.717, 1.165) is 21.6 Å². The number of aromatic nitrogens is 2. The fraction of sp³-hybridized carbons (Fsp3) is 0.133. The van der Waals surface area contributed by atoms with E-state index in [2.05, 4.69) is 17.2 Å². The molecule has 0 aliphatic carbocycles. The number of nitrogens with zero attached hydrogens (tertiary/aromatic N) is 2. The molecule has 0 amide bonds. The maximum atomic E-state index is 5.95. The molecule has 0 spiro atoms. The SMILES string of the molecule is ClCc1nn(Cc2ccc(Cl)cc2)c2ccccc12. The predicted molar refractivity (Wildman–Crippen MR) is 79.8 cm³/mol. The number of para-hydroxylation sites is 1. The smallest absolute Gasteiger partial charge is 0.0851 e. The molecule has 0 aliphatic heterocycles. The molecular formula is C15H12Cl2N2. The lowest BCUT2D eigenvalue weighted by atomic mass is 10.2. The molecular weight excluding hydrogens is 279 g/mol. The Labute approximate surface area is 121 Å². The first kappa shape index (κ1) is 12.5. The zero-order valence-electron chi connectivity index (χ0n) is 10.2. The first-order chi connectivity index (χ1) is 9.28. The lowest BCUT2D eigenvalue weighted by Gasteiger charge is -2.04. The van der Waals surface area contributed by atoms with E-state index < -0.39 is 0 Å². The fourth-order valence-corrected chi connectivity index (χ4v) is 2.50. The Hall–Kier alpha value is -1.51. The van der Waals surface area contributed by atoms with Crippen molar-refractivity contribution < 1.29 is 0 Å². The highest BCUT2D eigenvalue weighted by Crippen LogP contribution is 2.21. The van der Waals surface area contributed by atoms with Gasteiger partial charge in [0.1, 0.15) is 0 Å². The van der Waals surface area contributed by atoms with E-state index in [-0.39, 0.29) is 0 Å². The van der Waals surface area contributed by atoms with Gasteiger partial charge in [0.2, 0.25) is 0 Å². The Morgan fingerprint density at radius 2 is 1.74 bits per heavy atom. The summed E-state index contributed by atoms with van der Waals surface area (Å²) in [7, 11) is 0. The van der Waals surface area contributed by atoms with Crippen molar-refractivity contribution in [1.82, 2.24) is 9.78 Å². The molecule has 96 valence electrons. The number of rotatable bonds is 3. The van der Waals surface area contributed by atoms with Crippen LogP contribution in [-0.4, -0.2) is 9.78 Å². The molecule has 4 heteroatoms. The van der Waals surface area contributed by atoms with Gasteiger partial charge >= 0.3 is 0 Å². The van der Waals surface area contributed by atoms with Crippen LogP contribution in [0.5, 0.6) is 0 Å². The number of benzene rings is 2. The predicted octanol–water partition coefficient (Wildman–Crippen LogP) is 4.48. The summed E-state index contributed by atoms with van der Waals surface area (Å²) >= 11 is 11.8. The third-order valence-electron chi connectivity index (χ3n) is 3.11. The van der Waals surface area contributed by atoms with Gasteiger partial charge in [0.05, 0.1) is 23.6 Å². The second-order valence-corrected chi connectivity index (χ2v) is 5.09. The summed E-state index contributed by atoms with van der Waals surface area (Å²) in [5.41, 5.74) is 3.19. The first-order valence-corrected chi connectivity index (χ1v) is 6.94. The number of alkyl halides is 1. The van der Waals surface area contributed by atoms with Gasteiger partial charge in [0, 0.05) is 10.4 Å². The summed E-state index contributed by atoms with van der Waals surface area (Å²) in [6.07, 6.45) is 0. The third-order valence-corrected chi connectivity index (χ3v) is 3.61. The topological polar surface area (TPSA) is 17.8 Å². The van der Waals surface area contributed by atoms with Crippen molar-refractivity contribution in [1.29, 1.82) is 0 Å². The van der Waals surface area contributed by atoms with E-state index in [1.807, 2.05) is 41.1 Å². The van der Waals surface area contributed by atoms with Gasteiger partial charge < -0.3 is 0 Å². The van der Waals surface area contributed by atoms with Crippen LogP contribution in [0.4, 0.5) is 0 Å². The molecule has 3 aromatic rings. The Balaban J connectivity index is 2.03. The first-order valence-electron chi connectivity index (χ1n) is 6.03. The molecule has 1 aromatic heterocycles. The van der Waals surface area contributed by atoms with E-state index in [9.17, 15) is 0 Å². The summed E-state index contributed by atoms with van der Waals surface area (Å²) in [6, 6.07) is 16.0. The zero-order valence-corrected chi connectivity index (χ0v) is 11.7. The summed E-state index contributed by atoms with van der Waals surface area (Å²) < 4.78 is 1.98. The Kier molecular flexibility index (Phi) is 3.45. The van der Waals surface area contributed by atoms with Crippen molar-refractivity contribution in [3.05, 3.63) is 64.8 Å². The van der Waals surface area contributed by atoms with E-state index in [4.69, 9.17) is 23.2 Å². The number of hydrogen-bond acceptors (Lipinski definition) is 1. The fourth-order valence-electron chi connectivity index (χ4n) is 2.18. The maximum Gasteiger partial charge on any atom is 0.0851 e. The van der Waals surface area contributed by atoms with Crippen molar-refractivity contribution in [3.8, 4) is 0 Å². The van der Waals surface area contributed by atoms with Gasteiger partial charge in [-0.05, 0) is 23.8 Å². The number of fused-ring (bicyclic) bond motifs is 1. The Bertz CT molecular complexity index is 702. The molecule has 1 heterocycles. The third kappa shape index (κ3) is 2.46. The summed E-state index contributed by atoms with van der Waals surface area (Å²) in [5, 5.41) is 6.44. The molecule has 19 heavy (non-hydrogen) atoms. The van der Waals surface area contributed by atoms with Gasteiger partial charge in [0.25, 0.3) is 0 Å². The largest absolute Gasteiger partial charge is 0.260 e. The van der Waals surface area contributed by atoms with Gasteiger partial charge in [0.15, 0.2) is 0 Å². The van der Waals surface area contributed by atoms with Crippen LogP contribution in [0, 0.1) is 0 Å². The summed E-state index contributed by atoms with van der Waals surface area (Å²) in [4.78, 5) is 0. The summed E-state index contributed by atoms with van der Waals surface area (Å²) in [6.45, 7) is 0.717. The van der Waals surface area contributed by atoms with Crippen LogP contribution in [0.1, 0.15) is 11.3 Å². The quantitative estimate of drug-likeness (QED) is 0.651. The van der Waals surface area contributed by atoms with Crippen LogP contribution in [0.3, 0.4) is 0 Å². The van der Waals surface area contributed by atoms with E-state index in [1.54, 1.807) is 0 Å². The van der Waals surface area contributed by atoms with Gasteiger partial charge in [-0.2, -0.15) is 5.10 Å². The lowest BCUT2D eigenvalue weighted by Crippen LogP contribution is -2.01. The molecule has 0 bridgehead atoms. The molecule has 0 aliphatic rings. The standard InChI is InChI=1S/C15H12Cl2N2/c16-9-14-13-3-1-2-4-15(13)19(18-14)10-11-5-7-12(17)8-6-11/h1-8H,9-10H2. The Morgan fingerprint density at radius 3 is 2.47 bits per heavy atom. The highest BCUT2D eigenvalue weighted by atomic mass is 35.5. The number of hydrogen-bond donors (Lipinski definition) is 0. The van der Waals surface area contributed by atoms with Gasteiger partial charge in [-0.1, -0.05) is 41.9 Å². The second-order valence-electron chi connectivity index (χ2n) is 4.38. The van der Waals surface area contributed by atoms with Gasteiger partial charge in [-0.3, -0.25) is 4.68 Å². The van der Waals surface area contributed by atoms with Crippen molar-refractivity contribution in [3.63, 3.8) is 0 Å². The number of halogens is 2. The molecule has 2 nitrogen and oxygen atoms in total. The van der Waals surface area contributed by atoms with Crippen LogP contribution in [-0.2, 0) is 12.4 Å². The summed E-state index contributed by atoms with van der Waals surface area (Å²) in [5.74, 6) is 0.425.